The Hall–Kier alpha value is -1.38. The molecule has 1 N–H and O–H groups in total. The SMILES string of the molecule is CCCCCCCCCCCCSC(=S)SC(CC1C(=O)OC(=O)C1C(C)(C)C(=O)O)c1ccccc1. The third kappa shape index (κ3) is 10.4. The molecule has 2 rings (SSSR count). The molecule has 1 aromatic rings. The molecule has 1 fully saturated rings. The fraction of sp³-hybridized carbons (Fsp3) is 0.655. The molecule has 0 saturated carbocycles. The van der Waals surface area contributed by atoms with Crippen LogP contribution >= 0.6 is 35.7 Å². The molecule has 0 bridgehead atoms. The third-order valence-electron chi connectivity index (χ3n) is 7.08. The maximum Gasteiger partial charge on any atom is 0.318 e. The number of aliphatic carboxylic acids is 1. The van der Waals surface area contributed by atoms with Crippen molar-refractivity contribution in [2.45, 2.75) is 96.7 Å². The average Bonchev–Trinajstić information content (AvgIpc) is 3.15. The zero-order valence-corrected chi connectivity index (χ0v) is 24.9. The highest BCUT2D eigenvalue weighted by molar-refractivity contribution is 8.47. The molecular formula is C29H42O5S3. The van der Waals surface area contributed by atoms with Gasteiger partial charge in [-0.15, -0.1) is 11.8 Å². The van der Waals surface area contributed by atoms with Crippen molar-refractivity contribution in [3.63, 3.8) is 0 Å². The van der Waals surface area contributed by atoms with Crippen LogP contribution in [0.1, 0.15) is 102 Å². The van der Waals surface area contributed by atoms with E-state index in [4.69, 9.17) is 17.0 Å². The van der Waals surface area contributed by atoms with Gasteiger partial charge in [0.1, 0.15) is 3.53 Å². The maximum absolute atomic E-state index is 12.6. The molecule has 3 unspecified atom stereocenters. The molecule has 0 radical (unpaired) electrons. The summed E-state index contributed by atoms with van der Waals surface area (Å²) in [6.45, 7) is 5.20. The van der Waals surface area contributed by atoms with E-state index in [1.165, 1.54) is 83.4 Å². The van der Waals surface area contributed by atoms with Crippen LogP contribution in [0.25, 0.3) is 0 Å². The summed E-state index contributed by atoms with van der Waals surface area (Å²) >= 11 is 8.87. The Bertz CT molecular complexity index is 887. The Morgan fingerprint density at radius 1 is 0.973 bits per heavy atom. The summed E-state index contributed by atoms with van der Waals surface area (Å²) in [4.78, 5) is 37.0. The van der Waals surface area contributed by atoms with Gasteiger partial charge in [0.2, 0.25) is 0 Å². The summed E-state index contributed by atoms with van der Waals surface area (Å²) < 4.78 is 5.72. The fourth-order valence-electron chi connectivity index (χ4n) is 4.75. The first kappa shape index (κ1) is 31.8. The normalized spacial score (nSPS) is 18.6. The Labute approximate surface area is 236 Å². The van der Waals surface area contributed by atoms with Crippen LogP contribution in [0.3, 0.4) is 0 Å². The number of carboxylic acid groups (broad SMARTS) is 1. The van der Waals surface area contributed by atoms with Gasteiger partial charge in [-0.25, -0.2) is 0 Å². The lowest BCUT2D eigenvalue weighted by atomic mass is 9.71. The van der Waals surface area contributed by atoms with E-state index in [0.717, 1.165) is 21.3 Å². The number of thioether (sulfide) groups is 2. The van der Waals surface area contributed by atoms with Crippen molar-refractivity contribution >= 4 is 57.2 Å². The second-order valence-corrected chi connectivity index (χ2v) is 13.9. The standard InChI is InChI=1S/C29H42O5S3/c1-4-5-6-7-8-9-10-11-12-16-19-36-28(35)37-23(21-17-14-13-15-18-21)20-22-24(26(31)34-25(22)30)29(2,3)27(32)33/h13-15,17-18,22-24H,4-12,16,19-20H2,1-3H3,(H,32,33). The number of esters is 2. The smallest absolute Gasteiger partial charge is 0.318 e. The van der Waals surface area contributed by atoms with E-state index >= 15 is 0 Å². The predicted molar refractivity (Wildman–Crippen MR) is 158 cm³/mol. The van der Waals surface area contributed by atoms with Crippen LogP contribution in [0.2, 0.25) is 0 Å². The minimum absolute atomic E-state index is 0.176. The summed E-state index contributed by atoms with van der Waals surface area (Å²) in [5.41, 5.74) is -0.418. The van der Waals surface area contributed by atoms with Gasteiger partial charge in [-0.05, 0) is 38.0 Å². The molecule has 1 aliphatic rings. The van der Waals surface area contributed by atoms with Crippen molar-refractivity contribution in [1.29, 1.82) is 0 Å². The second-order valence-electron chi connectivity index (χ2n) is 10.4. The number of unbranched alkanes of at least 4 members (excludes halogenated alkanes) is 9. The first-order valence-corrected chi connectivity index (χ1v) is 15.8. The van der Waals surface area contributed by atoms with Crippen LogP contribution < -0.4 is 0 Å². The molecule has 1 aliphatic heterocycles. The van der Waals surface area contributed by atoms with Crippen molar-refractivity contribution in [3.05, 3.63) is 35.9 Å². The highest BCUT2D eigenvalue weighted by Crippen LogP contribution is 2.46. The summed E-state index contributed by atoms with van der Waals surface area (Å²) in [7, 11) is 0. The van der Waals surface area contributed by atoms with Gasteiger partial charge in [0.15, 0.2) is 0 Å². The highest BCUT2D eigenvalue weighted by Gasteiger charge is 2.55. The number of carbonyl (C=O) groups is 3. The molecule has 0 aromatic heterocycles. The molecule has 1 aromatic carbocycles. The number of ether oxygens (including phenoxy) is 1. The number of cyclic esters (lactones) is 2. The van der Waals surface area contributed by atoms with Crippen LogP contribution in [0.5, 0.6) is 0 Å². The number of hydrogen-bond donors (Lipinski definition) is 1. The van der Waals surface area contributed by atoms with Gasteiger partial charge in [0, 0.05) is 5.25 Å². The zero-order valence-electron chi connectivity index (χ0n) is 22.4. The molecular weight excluding hydrogens is 525 g/mol. The molecule has 1 saturated heterocycles. The molecule has 37 heavy (non-hydrogen) atoms. The Balaban J connectivity index is 1.88. The van der Waals surface area contributed by atoms with Crippen LogP contribution in [0.4, 0.5) is 0 Å². The monoisotopic (exact) mass is 566 g/mol. The number of benzene rings is 1. The highest BCUT2D eigenvalue weighted by atomic mass is 32.2. The lowest BCUT2D eigenvalue weighted by Gasteiger charge is -2.29. The number of carboxylic acids is 1. The van der Waals surface area contributed by atoms with Crippen LogP contribution in [0.15, 0.2) is 30.3 Å². The molecule has 0 amide bonds. The topological polar surface area (TPSA) is 80.7 Å². The van der Waals surface area contributed by atoms with Crippen LogP contribution in [-0.2, 0) is 19.1 Å². The van der Waals surface area contributed by atoms with Crippen molar-refractivity contribution in [1.82, 2.24) is 0 Å². The van der Waals surface area contributed by atoms with Crippen LogP contribution in [-0.4, -0.2) is 32.3 Å². The first-order valence-electron chi connectivity index (χ1n) is 13.6. The summed E-state index contributed by atoms with van der Waals surface area (Å²) in [5, 5.41) is 9.53. The minimum Gasteiger partial charge on any atom is -0.481 e. The average molecular weight is 567 g/mol. The van der Waals surface area contributed by atoms with E-state index in [1.807, 2.05) is 30.3 Å². The van der Waals surface area contributed by atoms with E-state index in [1.54, 1.807) is 11.8 Å². The van der Waals surface area contributed by atoms with Crippen molar-refractivity contribution < 1.29 is 24.2 Å². The van der Waals surface area contributed by atoms with Gasteiger partial charge in [-0.3, -0.25) is 14.4 Å². The van der Waals surface area contributed by atoms with Crippen molar-refractivity contribution in [2.75, 3.05) is 5.75 Å². The van der Waals surface area contributed by atoms with Gasteiger partial charge < -0.3 is 9.84 Å². The van der Waals surface area contributed by atoms with Gasteiger partial charge in [-0.2, -0.15) is 0 Å². The number of hydrogen-bond acceptors (Lipinski definition) is 7. The lowest BCUT2D eigenvalue weighted by molar-refractivity contribution is -0.160. The van der Waals surface area contributed by atoms with Gasteiger partial charge >= 0.3 is 17.9 Å². The summed E-state index contributed by atoms with van der Waals surface area (Å²) in [6.07, 6.45) is 13.2. The number of thiocarbonyl (C=S) groups is 1. The Kier molecular flexibility index (Phi) is 14.2. The molecule has 0 aliphatic carbocycles. The molecule has 8 heteroatoms. The lowest BCUT2D eigenvalue weighted by Crippen LogP contribution is -2.39. The molecule has 5 nitrogen and oxygen atoms in total. The van der Waals surface area contributed by atoms with Gasteiger partial charge in [-0.1, -0.05) is 119 Å². The molecule has 206 valence electrons. The Morgan fingerprint density at radius 3 is 2.11 bits per heavy atom. The van der Waals surface area contributed by atoms with Crippen molar-refractivity contribution in [2.24, 2.45) is 17.3 Å². The number of rotatable bonds is 17. The molecule has 0 spiro atoms. The van der Waals surface area contributed by atoms with Gasteiger partial charge in [0.25, 0.3) is 0 Å². The summed E-state index contributed by atoms with van der Waals surface area (Å²) in [6, 6.07) is 9.74. The first-order chi connectivity index (χ1) is 17.7. The van der Waals surface area contributed by atoms with E-state index in [2.05, 4.69) is 6.92 Å². The van der Waals surface area contributed by atoms with Gasteiger partial charge in [0.05, 0.1) is 17.3 Å². The van der Waals surface area contributed by atoms with Crippen molar-refractivity contribution in [3.8, 4) is 0 Å². The van der Waals surface area contributed by atoms with E-state index in [0.29, 0.717) is 6.42 Å². The Morgan fingerprint density at radius 2 is 1.54 bits per heavy atom. The van der Waals surface area contributed by atoms with E-state index < -0.39 is 35.2 Å². The largest absolute Gasteiger partial charge is 0.481 e. The van der Waals surface area contributed by atoms with E-state index in [-0.39, 0.29) is 5.25 Å². The predicted octanol–water partition coefficient (Wildman–Crippen LogP) is 8.22. The maximum atomic E-state index is 12.6. The molecule has 1 heterocycles. The third-order valence-corrected chi connectivity index (χ3v) is 10.0. The zero-order chi connectivity index (χ0) is 27.3. The fourth-order valence-corrected chi connectivity index (χ4v) is 7.56. The quantitative estimate of drug-likeness (QED) is 0.0874. The second kappa shape index (κ2) is 16.6. The van der Waals surface area contributed by atoms with Crippen LogP contribution in [0, 0.1) is 17.3 Å². The minimum atomic E-state index is -1.41. The molecule has 3 atom stereocenters. The number of carbonyl (C=O) groups excluding carboxylic acids is 2. The van der Waals surface area contributed by atoms with E-state index in [9.17, 15) is 19.5 Å². The summed E-state index contributed by atoms with van der Waals surface area (Å²) in [5.74, 6) is -3.42.